The number of aromatic nitrogens is 1. The number of methoxy groups -OCH3 is 1. The van der Waals surface area contributed by atoms with Crippen LogP contribution in [0, 0.1) is 0 Å². The molecule has 0 unspecified atom stereocenters. The molecular formula is C18H16Cl2N4O2S. The Labute approximate surface area is 170 Å². The molecule has 9 heteroatoms. The third kappa shape index (κ3) is 5.26. The second-order valence-electron chi connectivity index (χ2n) is 5.38. The first-order valence-corrected chi connectivity index (χ1v) is 9.43. The standard InChI is InChI=1S/C18H16Cl2N4O2S/c1-25-15-4-2-11(8-22-24-18-23-17(21)10-27-18)6-12(15)9-26-16-5-3-13(19)7-14(16)20/h2-8,10H,9,21H2,1H3,(H,23,24). The number of nitrogens with one attached hydrogen (secondary N) is 1. The lowest BCUT2D eigenvalue weighted by molar-refractivity contribution is 0.297. The van der Waals surface area contributed by atoms with Crippen molar-refractivity contribution in [3.63, 3.8) is 0 Å². The molecule has 0 aliphatic carbocycles. The van der Waals surface area contributed by atoms with E-state index in [1.165, 1.54) is 11.3 Å². The molecule has 1 aromatic heterocycles. The fraction of sp³-hybridized carbons (Fsp3) is 0.111. The summed E-state index contributed by atoms with van der Waals surface area (Å²) in [6.45, 7) is 0.280. The molecule has 27 heavy (non-hydrogen) atoms. The van der Waals surface area contributed by atoms with Gasteiger partial charge in [-0.3, -0.25) is 5.43 Å². The number of hydrazone groups is 1. The SMILES string of the molecule is COc1ccc(C=NNc2nc(N)cs2)cc1COc1ccc(Cl)cc1Cl. The Balaban J connectivity index is 1.70. The molecule has 3 aromatic rings. The molecule has 140 valence electrons. The number of nitrogens with two attached hydrogens (primary N) is 1. The van der Waals surface area contributed by atoms with Gasteiger partial charge in [0.25, 0.3) is 0 Å². The number of nitrogens with zero attached hydrogens (tertiary/aromatic N) is 2. The highest BCUT2D eigenvalue weighted by molar-refractivity contribution is 7.14. The van der Waals surface area contributed by atoms with E-state index in [0.29, 0.717) is 32.5 Å². The number of anilines is 2. The minimum absolute atomic E-state index is 0.280. The summed E-state index contributed by atoms with van der Waals surface area (Å²) in [5.74, 6) is 1.71. The van der Waals surface area contributed by atoms with Crippen molar-refractivity contribution >= 4 is 51.7 Å². The summed E-state index contributed by atoms with van der Waals surface area (Å²) in [7, 11) is 1.61. The fourth-order valence-electron chi connectivity index (χ4n) is 2.24. The van der Waals surface area contributed by atoms with E-state index in [2.05, 4.69) is 15.5 Å². The average Bonchev–Trinajstić information content (AvgIpc) is 3.06. The Morgan fingerprint density at radius 3 is 2.74 bits per heavy atom. The molecule has 3 N–H and O–H groups in total. The van der Waals surface area contributed by atoms with Gasteiger partial charge in [-0.2, -0.15) is 5.10 Å². The van der Waals surface area contributed by atoms with Gasteiger partial charge in [0.15, 0.2) is 0 Å². The smallest absolute Gasteiger partial charge is 0.205 e. The second-order valence-corrected chi connectivity index (χ2v) is 7.08. The second kappa shape index (κ2) is 8.94. The number of hydrogen-bond donors (Lipinski definition) is 2. The van der Waals surface area contributed by atoms with Gasteiger partial charge in [0.1, 0.15) is 23.9 Å². The van der Waals surface area contributed by atoms with E-state index in [1.54, 1.807) is 36.9 Å². The molecule has 0 bridgehead atoms. The van der Waals surface area contributed by atoms with Crippen LogP contribution in [0.15, 0.2) is 46.9 Å². The summed E-state index contributed by atoms with van der Waals surface area (Å²) in [6.07, 6.45) is 1.68. The Bertz CT molecular complexity index is 962. The van der Waals surface area contributed by atoms with Gasteiger partial charge in [0.05, 0.1) is 18.3 Å². The van der Waals surface area contributed by atoms with Crippen molar-refractivity contribution in [2.24, 2.45) is 5.10 Å². The Hall–Kier alpha value is -2.48. The quantitative estimate of drug-likeness (QED) is 0.410. The first-order valence-electron chi connectivity index (χ1n) is 7.80. The van der Waals surface area contributed by atoms with E-state index < -0.39 is 0 Å². The van der Waals surface area contributed by atoms with Crippen molar-refractivity contribution in [2.45, 2.75) is 6.61 Å². The molecule has 0 atom stereocenters. The molecule has 0 fully saturated rings. The maximum Gasteiger partial charge on any atom is 0.205 e. The van der Waals surface area contributed by atoms with E-state index in [1.807, 2.05) is 18.2 Å². The third-order valence-corrected chi connectivity index (χ3v) is 4.77. The molecule has 2 aromatic carbocycles. The molecular weight excluding hydrogens is 407 g/mol. The highest BCUT2D eigenvalue weighted by Crippen LogP contribution is 2.29. The zero-order chi connectivity index (χ0) is 19.2. The van der Waals surface area contributed by atoms with Crippen molar-refractivity contribution in [1.29, 1.82) is 0 Å². The van der Waals surface area contributed by atoms with Crippen molar-refractivity contribution < 1.29 is 9.47 Å². The maximum absolute atomic E-state index is 6.15. The minimum atomic E-state index is 0.280. The predicted molar refractivity (Wildman–Crippen MR) is 112 cm³/mol. The van der Waals surface area contributed by atoms with Gasteiger partial charge < -0.3 is 15.2 Å². The molecule has 0 amide bonds. The van der Waals surface area contributed by atoms with Gasteiger partial charge in [-0.25, -0.2) is 4.98 Å². The summed E-state index contributed by atoms with van der Waals surface area (Å²) in [4.78, 5) is 4.07. The van der Waals surface area contributed by atoms with Crippen LogP contribution in [0.1, 0.15) is 11.1 Å². The van der Waals surface area contributed by atoms with Crippen LogP contribution in [-0.4, -0.2) is 18.3 Å². The molecule has 0 aliphatic heterocycles. The Morgan fingerprint density at radius 2 is 2.04 bits per heavy atom. The highest BCUT2D eigenvalue weighted by Gasteiger charge is 2.08. The van der Waals surface area contributed by atoms with Gasteiger partial charge in [-0.1, -0.05) is 23.2 Å². The summed E-state index contributed by atoms with van der Waals surface area (Å²) < 4.78 is 11.2. The molecule has 6 nitrogen and oxygen atoms in total. The van der Waals surface area contributed by atoms with Crippen LogP contribution in [0.25, 0.3) is 0 Å². The average molecular weight is 423 g/mol. The largest absolute Gasteiger partial charge is 0.496 e. The van der Waals surface area contributed by atoms with Crippen molar-refractivity contribution in [3.8, 4) is 11.5 Å². The molecule has 1 heterocycles. The molecule has 0 spiro atoms. The van der Waals surface area contributed by atoms with Crippen LogP contribution in [-0.2, 0) is 6.61 Å². The van der Waals surface area contributed by atoms with Crippen LogP contribution in [0.5, 0.6) is 11.5 Å². The van der Waals surface area contributed by atoms with Gasteiger partial charge >= 0.3 is 0 Å². The number of nitrogen functional groups attached to an aromatic ring is 1. The number of halogens is 2. The van der Waals surface area contributed by atoms with Crippen LogP contribution in [0.4, 0.5) is 10.9 Å². The molecule has 0 saturated heterocycles. The lowest BCUT2D eigenvalue weighted by atomic mass is 10.1. The lowest BCUT2D eigenvalue weighted by Crippen LogP contribution is -2.01. The molecule has 0 radical (unpaired) electrons. The third-order valence-electron chi connectivity index (χ3n) is 3.48. The topological polar surface area (TPSA) is 81.8 Å². The van der Waals surface area contributed by atoms with E-state index in [4.69, 9.17) is 38.4 Å². The zero-order valence-electron chi connectivity index (χ0n) is 14.3. The van der Waals surface area contributed by atoms with Crippen LogP contribution in [0.3, 0.4) is 0 Å². The van der Waals surface area contributed by atoms with E-state index in [0.717, 1.165) is 11.1 Å². The van der Waals surface area contributed by atoms with Crippen molar-refractivity contribution in [1.82, 2.24) is 4.98 Å². The molecule has 0 saturated carbocycles. The number of ether oxygens (including phenoxy) is 2. The number of hydrogen-bond acceptors (Lipinski definition) is 7. The first kappa shape index (κ1) is 19.3. The fourth-order valence-corrected chi connectivity index (χ4v) is 3.25. The summed E-state index contributed by atoms with van der Waals surface area (Å²) in [6, 6.07) is 10.7. The van der Waals surface area contributed by atoms with Crippen LogP contribution >= 0.6 is 34.5 Å². The van der Waals surface area contributed by atoms with E-state index >= 15 is 0 Å². The van der Waals surface area contributed by atoms with Crippen molar-refractivity contribution in [2.75, 3.05) is 18.3 Å². The van der Waals surface area contributed by atoms with E-state index in [-0.39, 0.29) is 6.61 Å². The maximum atomic E-state index is 6.15. The monoisotopic (exact) mass is 422 g/mol. The normalized spacial score (nSPS) is 10.9. The minimum Gasteiger partial charge on any atom is -0.496 e. The highest BCUT2D eigenvalue weighted by atomic mass is 35.5. The number of benzene rings is 2. The first-order chi connectivity index (χ1) is 13.0. The summed E-state index contributed by atoms with van der Waals surface area (Å²) in [5, 5.41) is 7.53. The molecule has 3 rings (SSSR count). The Morgan fingerprint density at radius 1 is 1.22 bits per heavy atom. The van der Waals surface area contributed by atoms with Crippen molar-refractivity contribution in [3.05, 3.63) is 63.0 Å². The summed E-state index contributed by atoms with van der Waals surface area (Å²) >= 11 is 13.4. The predicted octanol–water partition coefficient (Wildman–Crippen LogP) is 5.07. The van der Waals surface area contributed by atoms with Crippen LogP contribution < -0.4 is 20.6 Å². The lowest BCUT2D eigenvalue weighted by Gasteiger charge is -2.12. The number of thiazole rings is 1. The summed E-state index contributed by atoms with van der Waals surface area (Å²) in [5.41, 5.74) is 10.1. The zero-order valence-corrected chi connectivity index (χ0v) is 16.6. The number of rotatable bonds is 7. The molecule has 0 aliphatic rings. The van der Waals surface area contributed by atoms with Gasteiger partial charge in [-0.15, -0.1) is 11.3 Å². The van der Waals surface area contributed by atoms with Crippen LogP contribution in [0.2, 0.25) is 10.0 Å². The van der Waals surface area contributed by atoms with E-state index in [9.17, 15) is 0 Å². The Kier molecular flexibility index (Phi) is 6.39. The van der Waals surface area contributed by atoms with Gasteiger partial charge in [0.2, 0.25) is 5.13 Å². The van der Waals surface area contributed by atoms with Gasteiger partial charge in [0, 0.05) is 16.0 Å². The van der Waals surface area contributed by atoms with Gasteiger partial charge in [-0.05, 0) is 42.0 Å².